The minimum absolute atomic E-state index is 0.0435. The smallest absolute Gasteiger partial charge is 0.266 e. The van der Waals surface area contributed by atoms with Crippen LogP contribution in [0.25, 0.3) is 0 Å². The van der Waals surface area contributed by atoms with Gasteiger partial charge in [-0.1, -0.05) is 6.07 Å². The van der Waals surface area contributed by atoms with E-state index < -0.39 is 0 Å². The second-order valence-corrected chi connectivity index (χ2v) is 8.90. The van der Waals surface area contributed by atoms with Crippen molar-refractivity contribution in [2.45, 2.75) is 26.3 Å². The normalized spacial score (nSPS) is 16.0. The van der Waals surface area contributed by atoms with Gasteiger partial charge in [0.2, 0.25) is 0 Å². The molecule has 28 heavy (non-hydrogen) atoms. The number of nitrogens with zero attached hydrogens (tertiary/aromatic N) is 2. The maximum atomic E-state index is 13.5. The summed E-state index contributed by atoms with van der Waals surface area (Å²) in [6.45, 7) is 4.50. The quantitative estimate of drug-likeness (QED) is 0.625. The third kappa shape index (κ3) is 3.18. The summed E-state index contributed by atoms with van der Waals surface area (Å²) in [5.41, 5.74) is 3.09. The van der Waals surface area contributed by atoms with Crippen molar-refractivity contribution < 1.29 is 14.3 Å². The summed E-state index contributed by atoms with van der Waals surface area (Å²) in [4.78, 5) is 21.8. The molecule has 0 bridgehead atoms. The average molecular weight is 415 g/mol. The van der Waals surface area contributed by atoms with E-state index in [1.807, 2.05) is 36.9 Å². The number of thiazole rings is 1. The van der Waals surface area contributed by atoms with Crippen molar-refractivity contribution in [2.24, 2.45) is 0 Å². The van der Waals surface area contributed by atoms with E-state index in [1.54, 1.807) is 25.6 Å². The number of methoxy groups -OCH3 is 2. The lowest BCUT2D eigenvalue weighted by Gasteiger charge is -2.37. The first-order valence-corrected chi connectivity index (χ1v) is 10.8. The van der Waals surface area contributed by atoms with Crippen LogP contribution in [0.15, 0.2) is 29.6 Å². The van der Waals surface area contributed by atoms with Crippen LogP contribution in [-0.4, -0.2) is 36.6 Å². The van der Waals surface area contributed by atoms with Gasteiger partial charge in [-0.2, -0.15) is 0 Å². The second-order valence-electron chi connectivity index (χ2n) is 6.72. The molecule has 1 amide bonds. The molecule has 0 N–H and O–H groups in total. The third-order valence-electron chi connectivity index (χ3n) is 5.05. The van der Waals surface area contributed by atoms with Crippen LogP contribution in [0.1, 0.15) is 42.4 Å². The van der Waals surface area contributed by atoms with Crippen LogP contribution in [0.2, 0.25) is 0 Å². The van der Waals surface area contributed by atoms with Gasteiger partial charge < -0.3 is 14.4 Å². The van der Waals surface area contributed by atoms with Crippen LogP contribution in [0, 0.1) is 13.8 Å². The fourth-order valence-electron chi connectivity index (χ4n) is 3.78. The molecule has 1 aliphatic rings. The molecule has 0 radical (unpaired) electrons. The molecule has 1 aliphatic heterocycles. The van der Waals surface area contributed by atoms with Crippen LogP contribution in [0.5, 0.6) is 11.5 Å². The highest BCUT2D eigenvalue weighted by Crippen LogP contribution is 2.43. The van der Waals surface area contributed by atoms with Gasteiger partial charge in [0.1, 0.15) is 4.88 Å². The Labute approximate surface area is 172 Å². The topological polar surface area (TPSA) is 51.7 Å². The molecule has 7 heteroatoms. The number of carbonyl (C=O) groups excluding carboxylic acids is 1. The van der Waals surface area contributed by atoms with Crippen molar-refractivity contribution in [3.05, 3.63) is 61.2 Å². The number of aryl methyl sites for hydroxylation is 2. The van der Waals surface area contributed by atoms with Gasteiger partial charge in [-0.05, 0) is 55.0 Å². The second kappa shape index (κ2) is 7.56. The Bertz CT molecular complexity index is 1010. The summed E-state index contributed by atoms with van der Waals surface area (Å²) in [5, 5.41) is 2.96. The molecular weight excluding hydrogens is 392 g/mol. The number of hydrogen-bond acceptors (Lipinski definition) is 6. The fourth-order valence-corrected chi connectivity index (χ4v) is 5.51. The number of rotatable bonds is 4. The first-order valence-electron chi connectivity index (χ1n) is 9.06. The number of hydrogen-bond donors (Lipinski definition) is 0. The van der Waals surface area contributed by atoms with Gasteiger partial charge in [0.15, 0.2) is 11.5 Å². The fraction of sp³-hybridized carbons (Fsp3) is 0.333. The minimum Gasteiger partial charge on any atom is -0.493 e. The van der Waals surface area contributed by atoms with E-state index in [1.165, 1.54) is 16.9 Å². The van der Waals surface area contributed by atoms with Gasteiger partial charge in [-0.15, -0.1) is 22.7 Å². The van der Waals surface area contributed by atoms with Crippen molar-refractivity contribution >= 4 is 28.6 Å². The predicted molar refractivity (Wildman–Crippen MR) is 112 cm³/mol. The first-order chi connectivity index (χ1) is 13.5. The monoisotopic (exact) mass is 414 g/mol. The van der Waals surface area contributed by atoms with Crippen molar-refractivity contribution in [1.29, 1.82) is 0 Å². The van der Waals surface area contributed by atoms with Crippen molar-refractivity contribution in [1.82, 2.24) is 9.88 Å². The molecule has 1 atom stereocenters. The zero-order valence-electron chi connectivity index (χ0n) is 16.3. The molecule has 3 heterocycles. The van der Waals surface area contributed by atoms with E-state index in [-0.39, 0.29) is 11.9 Å². The molecule has 4 rings (SSSR count). The Morgan fingerprint density at radius 1 is 1.21 bits per heavy atom. The number of carbonyl (C=O) groups is 1. The van der Waals surface area contributed by atoms with Gasteiger partial charge in [0.25, 0.3) is 5.91 Å². The predicted octanol–water partition coefficient (Wildman–Crippen LogP) is 4.63. The molecule has 0 saturated carbocycles. The minimum atomic E-state index is -0.141. The lowest BCUT2D eigenvalue weighted by molar-refractivity contribution is 0.0701. The van der Waals surface area contributed by atoms with E-state index in [0.29, 0.717) is 12.3 Å². The molecule has 5 nitrogen and oxygen atoms in total. The number of thiophene rings is 1. The van der Waals surface area contributed by atoms with E-state index in [0.717, 1.165) is 38.2 Å². The summed E-state index contributed by atoms with van der Waals surface area (Å²) in [6, 6.07) is 8.03. The molecule has 0 saturated heterocycles. The summed E-state index contributed by atoms with van der Waals surface area (Å²) >= 11 is 3.13. The maximum Gasteiger partial charge on any atom is 0.266 e. The van der Waals surface area contributed by atoms with Gasteiger partial charge >= 0.3 is 0 Å². The maximum absolute atomic E-state index is 13.5. The summed E-state index contributed by atoms with van der Waals surface area (Å²) < 4.78 is 11.0. The number of fused-ring (bicyclic) bond motifs is 1. The Morgan fingerprint density at radius 3 is 2.57 bits per heavy atom. The SMILES string of the molecule is COc1cc2c(cc1OC)C(c1cccs1)N(C(=O)c1sc(C)nc1C)CC2. The number of benzene rings is 1. The van der Waals surface area contributed by atoms with Gasteiger partial charge in [-0.3, -0.25) is 4.79 Å². The van der Waals surface area contributed by atoms with Gasteiger partial charge in [0.05, 0.1) is 31.0 Å². The van der Waals surface area contributed by atoms with E-state index in [4.69, 9.17) is 9.47 Å². The molecular formula is C21H22N2O3S2. The molecule has 0 aliphatic carbocycles. The van der Waals surface area contributed by atoms with Crippen LogP contribution in [0.3, 0.4) is 0 Å². The highest BCUT2D eigenvalue weighted by molar-refractivity contribution is 7.13. The van der Waals surface area contributed by atoms with Gasteiger partial charge in [0, 0.05) is 11.4 Å². The standard InChI is InChI=1S/C21H22N2O3S2/c1-12-20(28-13(2)22-12)21(24)23-8-7-14-10-16(25-3)17(26-4)11-15(14)19(23)18-6-5-9-27-18/h5-6,9-11,19H,7-8H2,1-4H3. The summed E-state index contributed by atoms with van der Waals surface area (Å²) in [7, 11) is 3.29. The number of amides is 1. The van der Waals surface area contributed by atoms with E-state index >= 15 is 0 Å². The highest BCUT2D eigenvalue weighted by atomic mass is 32.1. The van der Waals surface area contributed by atoms with Crippen molar-refractivity contribution in [3.8, 4) is 11.5 Å². The summed E-state index contributed by atoms with van der Waals surface area (Å²) in [6.07, 6.45) is 0.778. The summed E-state index contributed by atoms with van der Waals surface area (Å²) in [5.74, 6) is 1.45. The number of ether oxygens (including phenoxy) is 2. The highest BCUT2D eigenvalue weighted by Gasteiger charge is 2.35. The Hall–Kier alpha value is -2.38. The first kappa shape index (κ1) is 19.0. The molecule has 0 spiro atoms. The Balaban J connectivity index is 1.83. The van der Waals surface area contributed by atoms with E-state index in [2.05, 4.69) is 16.4 Å². The molecule has 146 valence electrons. The largest absolute Gasteiger partial charge is 0.493 e. The Kier molecular flexibility index (Phi) is 5.12. The molecule has 1 aromatic carbocycles. The molecule has 1 unspecified atom stereocenters. The lowest BCUT2D eigenvalue weighted by Crippen LogP contribution is -2.40. The van der Waals surface area contributed by atoms with Crippen LogP contribution in [-0.2, 0) is 6.42 Å². The van der Waals surface area contributed by atoms with Gasteiger partial charge in [-0.25, -0.2) is 4.98 Å². The van der Waals surface area contributed by atoms with Crippen LogP contribution < -0.4 is 9.47 Å². The lowest BCUT2D eigenvalue weighted by atomic mass is 9.90. The average Bonchev–Trinajstić information content (AvgIpc) is 3.34. The third-order valence-corrected chi connectivity index (χ3v) is 7.03. The Morgan fingerprint density at radius 2 is 1.96 bits per heavy atom. The van der Waals surface area contributed by atoms with E-state index in [9.17, 15) is 4.79 Å². The molecule has 2 aromatic heterocycles. The number of aromatic nitrogens is 1. The zero-order chi connectivity index (χ0) is 19.8. The van der Waals surface area contributed by atoms with Crippen molar-refractivity contribution in [2.75, 3.05) is 20.8 Å². The zero-order valence-corrected chi connectivity index (χ0v) is 17.9. The molecule has 0 fully saturated rings. The molecule has 3 aromatic rings. The van der Waals surface area contributed by atoms with Crippen LogP contribution in [0.4, 0.5) is 0 Å². The van der Waals surface area contributed by atoms with Crippen LogP contribution >= 0.6 is 22.7 Å². The van der Waals surface area contributed by atoms with Crippen molar-refractivity contribution in [3.63, 3.8) is 0 Å².